The Morgan fingerprint density at radius 1 is 1.65 bits per heavy atom. The molecule has 90 valence electrons. The molecule has 1 aromatic carbocycles. The minimum Gasteiger partial charge on any atom is -0.535 e. The number of benzene rings is 1. The van der Waals surface area contributed by atoms with E-state index in [1.807, 2.05) is 6.92 Å². The van der Waals surface area contributed by atoms with Crippen LogP contribution in [0.1, 0.15) is 22.8 Å². The molecular formula is C11H12BFO4. The maximum atomic E-state index is 13.6. The van der Waals surface area contributed by atoms with Gasteiger partial charge in [-0.25, -0.2) is 9.18 Å². The molecule has 4 nitrogen and oxygen atoms in total. The molecule has 0 bridgehead atoms. The maximum Gasteiger partial charge on any atom is 0.525 e. The number of fused-ring (bicyclic) bond motifs is 1. The second-order valence-electron chi connectivity index (χ2n) is 4.09. The highest BCUT2D eigenvalue weighted by Crippen LogP contribution is 2.35. The van der Waals surface area contributed by atoms with E-state index in [9.17, 15) is 14.2 Å². The van der Waals surface area contributed by atoms with Gasteiger partial charge in [-0.05, 0) is 18.1 Å². The second kappa shape index (κ2) is 4.37. The van der Waals surface area contributed by atoms with Gasteiger partial charge in [0.1, 0.15) is 17.1 Å². The van der Waals surface area contributed by atoms with Crippen LogP contribution in [0.25, 0.3) is 0 Å². The van der Waals surface area contributed by atoms with Crippen LogP contribution >= 0.6 is 0 Å². The van der Waals surface area contributed by atoms with E-state index in [-0.39, 0.29) is 17.1 Å². The lowest BCUT2D eigenvalue weighted by molar-refractivity contribution is 0.0592. The number of carbonyl (C=O) groups excluding carboxylic acids is 1. The molecule has 1 heterocycles. The smallest absolute Gasteiger partial charge is 0.525 e. The Bertz CT molecular complexity index is 463. The van der Waals surface area contributed by atoms with Crippen LogP contribution in [-0.2, 0) is 11.2 Å². The summed E-state index contributed by atoms with van der Waals surface area (Å²) in [5, 5.41) is 9.60. The van der Waals surface area contributed by atoms with Gasteiger partial charge in [-0.3, -0.25) is 0 Å². The Labute approximate surface area is 98.5 Å². The molecular weight excluding hydrogens is 226 g/mol. The van der Waals surface area contributed by atoms with Crippen molar-refractivity contribution in [2.75, 3.05) is 7.11 Å². The lowest BCUT2D eigenvalue weighted by Gasteiger charge is -2.26. The molecule has 2 rings (SSSR count). The van der Waals surface area contributed by atoms with Crippen LogP contribution in [0.4, 0.5) is 4.39 Å². The zero-order chi connectivity index (χ0) is 12.6. The standard InChI is InChI=1S/C11H12BFO4/c1-6-5-7-3-4-8(13)9(11(14)16-2)10(7)17-12(6)15/h3-4,6,15H,5H2,1-2H3. The lowest BCUT2D eigenvalue weighted by Crippen LogP contribution is -2.33. The Hall–Kier alpha value is -1.56. The number of hydrogen-bond acceptors (Lipinski definition) is 4. The minimum atomic E-state index is -1.03. The van der Waals surface area contributed by atoms with Crippen molar-refractivity contribution in [1.82, 2.24) is 0 Å². The van der Waals surface area contributed by atoms with Crippen molar-refractivity contribution in [1.29, 1.82) is 0 Å². The molecule has 1 N–H and O–H groups in total. The van der Waals surface area contributed by atoms with Crippen LogP contribution < -0.4 is 4.65 Å². The fraction of sp³-hybridized carbons (Fsp3) is 0.364. The van der Waals surface area contributed by atoms with E-state index in [1.54, 1.807) is 6.07 Å². The van der Waals surface area contributed by atoms with E-state index in [4.69, 9.17) is 4.65 Å². The Kier molecular flexibility index (Phi) is 3.06. The molecule has 0 amide bonds. The van der Waals surface area contributed by atoms with Crippen LogP contribution in [0.2, 0.25) is 5.82 Å². The lowest BCUT2D eigenvalue weighted by atomic mass is 9.68. The average Bonchev–Trinajstić information content (AvgIpc) is 2.30. The van der Waals surface area contributed by atoms with Crippen molar-refractivity contribution in [3.8, 4) is 5.75 Å². The summed E-state index contributed by atoms with van der Waals surface area (Å²) in [7, 11) is 0.135. The molecule has 0 aliphatic carbocycles. The monoisotopic (exact) mass is 238 g/mol. The summed E-state index contributed by atoms with van der Waals surface area (Å²) in [6.07, 6.45) is 0.529. The Morgan fingerprint density at radius 3 is 3.00 bits per heavy atom. The van der Waals surface area contributed by atoms with Crippen LogP contribution in [0.3, 0.4) is 0 Å². The third-order valence-corrected chi connectivity index (χ3v) is 2.85. The van der Waals surface area contributed by atoms with E-state index in [0.717, 1.165) is 0 Å². The zero-order valence-corrected chi connectivity index (χ0v) is 9.57. The molecule has 0 aromatic heterocycles. The summed E-state index contributed by atoms with van der Waals surface area (Å²) < 4.78 is 23.3. The molecule has 1 aliphatic heterocycles. The number of hydrogen-bond donors (Lipinski definition) is 1. The normalized spacial score (nSPS) is 18.4. The fourth-order valence-electron chi connectivity index (χ4n) is 1.87. The molecule has 0 saturated carbocycles. The first-order chi connectivity index (χ1) is 8.04. The van der Waals surface area contributed by atoms with Gasteiger partial charge < -0.3 is 14.4 Å². The predicted molar refractivity (Wildman–Crippen MR) is 59.5 cm³/mol. The van der Waals surface area contributed by atoms with Crippen molar-refractivity contribution >= 4 is 13.1 Å². The van der Waals surface area contributed by atoms with Gasteiger partial charge in [0, 0.05) is 5.82 Å². The van der Waals surface area contributed by atoms with Crippen molar-refractivity contribution < 1.29 is 23.6 Å². The van der Waals surface area contributed by atoms with E-state index >= 15 is 0 Å². The third-order valence-electron chi connectivity index (χ3n) is 2.85. The number of methoxy groups -OCH3 is 1. The second-order valence-corrected chi connectivity index (χ2v) is 4.09. The van der Waals surface area contributed by atoms with E-state index in [1.165, 1.54) is 13.2 Å². The molecule has 1 aliphatic rings. The Morgan fingerprint density at radius 2 is 2.35 bits per heavy atom. The highest BCUT2D eigenvalue weighted by atomic mass is 19.1. The molecule has 1 aromatic rings. The fourth-order valence-corrected chi connectivity index (χ4v) is 1.87. The predicted octanol–water partition coefficient (Wildman–Crippen LogP) is 1.42. The van der Waals surface area contributed by atoms with Crippen LogP contribution in [0.15, 0.2) is 12.1 Å². The first-order valence-electron chi connectivity index (χ1n) is 5.29. The van der Waals surface area contributed by atoms with Gasteiger partial charge in [-0.1, -0.05) is 13.0 Å². The number of esters is 1. The van der Waals surface area contributed by atoms with E-state index in [2.05, 4.69) is 4.74 Å². The first kappa shape index (κ1) is 11.9. The quantitative estimate of drug-likeness (QED) is 0.593. The van der Waals surface area contributed by atoms with Gasteiger partial charge in [0.05, 0.1) is 7.11 Å². The summed E-state index contributed by atoms with van der Waals surface area (Å²) in [4.78, 5) is 11.5. The summed E-state index contributed by atoms with van der Waals surface area (Å²) in [5.74, 6) is -1.53. The largest absolute Gasteiger partial charge is 0.535 e. The van der Waals surface area contributed by atoms with Gasteiger partial charge in [-0.2, -0.15) is 0 Å². The van der Waals surface area contributed by atoms with Gasteiger partial charge in [0.15, 0.2) is 0 Å². The maximum absolute atomic E-state index is 13.6. The van der Waals surface area contributed by atoms with Gasteiger partial charge in [0.2, 0.25) is 0 Å². The molecule has 6 heteroatoms. The van der Waals surface area contributed by atoms with E-state index < -0.39 is 18.9 Å². The molecule has 1 unspecified atom stereocenters. The molecule has 0 spiro atoms. The number of rotatable bonds is 1. The van der Waals surface area contributed by atoms with Gasteiger partial charge in [-0.15, -0.1) is 0 Å². The van der Waals surface area contributed by atoms with Crippen LogP contribution in [0, 0.1) is 5.82 Å². The van der Waals surface area contributed by atoms with Crippen molar-refractivity contribution in [2.45, 2.75) is 19.2 Å². The average molecular weight is 238 g/mol. The first-order valence-corrected chi connectivity index (χ1v) is 5.29. The molecule has 17 heavy (non-hydrogen) atoms. The number of halogens is 1. The third kappa shape index (κ3) is 2.00. The van der Waals surface area contributed by atoms with Crippen molar-refractivity contribution in [3.63, 3.8) is 0 Å². The zero-order valence-electron chi connectivity index (χ0n) is 9.57. The Balaban J connectivity index is 2.53. The highest BCUT2D eigenvalue weighted by Gasteiger charge is 2.35. The summed E-state index contributed by atoms with van der Waals surface area (Å²) in [6, 6.07) is 2.76. The topological polar surface area (TPSA) is 55.8 Å². The van der Waals surface area contributed by atoms with Crippen LogP contribution in [0.5, 0.6) is 5.75 Å². The number of ether oxygens (including phenoxy) is 1. The summed E-state index contributed by atoms with van der Waals surface area (Å²) in [5.41, 5.74) is 0.445. The highest BCUT2D eigenvalue weighted by molar-refractivity contribution is 6.46. The number of carbonyl (C=O) groups is 1. The summed E-state index contributed by atoms with van der Waals surface area (Å²) in [6.45, 7) is 1.81. The van der Waals surface area contributed by atoms with Crippen molar-refractivity contribution in [2.24, 2.45) is 0 Å². The van der Waals surface area contributed by atoms with Crippen molar-refractivity contribution in [3.05, 3.63) is 29.1 Å². The molecule has 0 radical (unpaired) electrons. The van der Waals surface area contributed by atoms with Crippen LogP contribution in [-0.4, -0.2) is 25.2 Å². The molecule has 0 fully saturated rings. The van der Waals surface area contributed by atoms with Gasteiger partial charge in [0.25, 0.3) is 0 Å². The van der Waals surface area contributed by atoms with Gasteiger partial charge >= 0.3 is 13.1 Å². The molecule has 1 atom stereocenters. The molecule has 0 saturated heterocycles. The van der Waals surface area contributed by atoms with E-state index in [0.29, 0.717) is 12.0 Å². The summed E-state index contributed by atoms with van der Waals surface area (Å²) >= 11 is 0. The SMILES string of the molecule is COC(=O)c1c(F)ccc2c1OB(O)C(C)C2. The minimum absolute atomic E-state index is 0.0856.